The van der Waals surface area contributed by atoms with Crippen LogP contribution in [0.15, 0.2) is 6.20 Å². The van der Waals surface area contributed by atoms with Crippen molar-refractivity contribution in [2.45, 2.75) is 31.8 Å². The number of nitrogens with one attached hydrogen (secondary N) is 1. The Morgan fingerprint density at radius 1 is 1.63 bits per heavy atom. The Hall–Kier alpha value is -1.96. The van der Waals surface area contributed by atoms with Gasteiger partial charge in [0.1, 0.15) is 6.54 Å². The van der Waals surface area contributed by atoms with E-state index in [0.717, 1.165) is 19.4 Å². The van der Waals surface area contributed by atoms with Crippen LogP contribution < -0.4 is 5.32 Å². The first-order chi connectivity index (χ1) is 8.98. The first kappa shape index (κ1) is 13.5. The standard InChI is InChI=1S/C11H16N4O4/c1-11(3-2-4-19-7-11)12-9(16)6-15-5-8(10(17)18)13-14-15/h5H,2-4,6-7H2,1H3,(H,12,16)(H,17,18). The minimum atomic E-state index is -1.17. The molecule has 0 aromatic carbocycles. The van der Waals surface area contributed by atoms with E-state index in [1.807, 2.05) is 6.92 Å². The van der Waals surface area contributed by atoms with Gasteiger partial charge in [0.15, 0.2) is 5.69 Å². The van der Waals surface area contributed by atoms with Crippen molar-refractivity contribution in [2.75, 3.05) is 13.2 Å². The minimum absolute atomic E-state index is 0.0597. The molecule has 1 aromatic rings. The topological polar surface area (TPSA) is 106 Å². The Morgan fingerprint density at radius 3 is 3.00 bits per heavy atom. The number of ether oxygens (including phenoxy) is 1. The molecule has 2 heterocycles. The molecule has 1 saturated heterocycles. The second kappa shape index (κ2) is 5.35. The summed E-state index contributed by atoms with van der Waals surface area (Å²) in [6.45, 7) is 3.07. The number of hydrogen-bond donors (Lipinski definition) is 2. The smallest absolute Gasteiger partial charge is 0.358 e. The SMILES string of the molecule is CC1(NC(=O)Cn2cc(C(=O)O)nn2)CCCOC1. The number of carboxylic acid groups (broad SMARTS) is 1. The molecule has 1 aliphatic rings. The van der Waals surface area contributed by atoms with Crippen LogP contribution in [0.4, 0.5) is 0 Å². The Bertz CT molecular complexity index is 479. The molecule has 2 rings (SSSR count). The number of aromatic nitrogens is 3. The quantitative estimate of drug-likeness (QED) is 0.774. The molecule has 2 N–H and O–H groups in total. The zero-order valence-corrected chi connectivity index (χ0v) is 10.6. The maximum absolute atomic E-state index is 11.9. The lowest BCUT2D eigenvalue weighted by Crippen LogP contribution is -2.52. The molecular formula is C11H16N4O4. The molecule has 0 aliphatic carbocycles. The van der Waals surface area contributed by atoms with Gasteiger partial charge in [-0.05, 0) is 19.8 Å². The van der Waals surface area contributed by atoms with Crippen LogP contribution in [0.3, 0.4) is 0 Å². The van der Waals surface area contributed by atoms with Gasteiger partial charge < -0.3 is 15.2 Å². The molecule has 1 atom stereocenters. The minimum Gasteiger partial charge on any atom is -0.476 e. The molecule has 0 bridgehead atoms. The summed E-state index contributed by atoms with van der Waals surface area (Å²) in [7, 11) is 0. The summed E-state index contributed by atoms with van der Waals surface area (Å²) in [5.41, 5.74) is -0.550. The first-order valence-corrected chi connectivity index (χ1v) is 6.01. The molecule has 0 saturated carbocycles. The molecule has 19 heavy (non-hydrogen) atoms. The molecule has 1 aliphatic heterocycles. The molecule has 0 spiro atoms. The van der Waals surface area contributed by atoms with Gasteiger partial charge in [-0.3, -0.25) is 4.79 Å². The number of nitrogens with zero attached hydrogens (tertiary/aromatic N) is 3. The van der Waals surface area contributed by atoms with Gasteiger partial charge in [0, 0.05) is 6.61 Å². The van der Waals surface area contributed by atoms with Gasteiger partial charge in [-0.1, -0.05) is 5.21 Å². The largest absolute Gasteiger partial charge is 0.476 e. The summed E-state index contributed by atoms with van der Waals surface area (Å²) in [6, 6.07) is 0. The molecular weight excluding hydrogens is 252 g/mol. The number of carbonyl (C=O) groups excluding carboxylic acids is 1. The molecule has 1 unspecified atom stereocenters. The zero-order chi connectivity index (χ0) is 13.9. The fraction of sp³-hybridized carbons (Fsp3) is 0.636. The molecule has 8 nitrogen and oxygen atoms in total. The molecule has 104 valence electrons. The van der Waals surface area contributed by atoms with Gasteiger partial charge in [0.2, 0.25) is 5.91 Å². The summed E-state index contributed by atoms with van der Waals surface area (Å²) >= 11 is 0. The molecule has 1 aromatic heterocycles. The number of rotatable bonds is 4. The molecule has 8 heteroatoms. The highest BCUT2D eigenvalue weighted by Gasteiger charge is 2.29. The summed E-state index contributed by atoms with van der Waals surface area (Å²) in [4.78, 5) is 22.5. The van der Waals surface area contributed by atoms with Crippen LogP contribution in [0.2, 0.25) is 0 Å². The van der Waals surface area contributed by atoms with E-state index in [0.29, 0.717) is 6.61 Å². The maximum Gasteiger partial charge on any atom is 0.358 e. The van der Waals surface area contributed by atoms with E-state index in [1.54, 1.807) is 0 Å². The second-order valence-electron chi connectivity index (χ2n) is 4.87. The number of carbonyl (C=O) groups is 2. The Balaban J connectivity index is 1.91. The normalized spacial score (nSPS) is 23.0. The van der Waals surface area contributed by atoms with Crippen molar-refractivity contribution in [1.29, 1.82) is 0 Å². The average Bonchev–Trinajstić information content (AvgIpc) is 2.77. The third kappa shape index (κ3) is 3.50. The fourth-order valence-corrected chi connectivity index (χ4v) is 2.03. The van der Waals surface area contributed by atoms with Gasteiger partial charge in [0.05, 0.1) is 18.3 Å². The van der Waals surface area contributed by atoms with E-state index in [1.165, 1.54) is 10.9 Å². The Kier molecular flexibility index (Phi) is 3.79. The van der Waals surface area contributed by atoms with Crippen molar-refractivity contribution >= 4 is 11.9 Å². The van der Waals surface area contributed by atoms with E-state index in [9.17, 15) is 9.59 Å². The highest BCUT2D eigenvalue weighted by molar-refractivity contribution is 5.84. The fourth-order valence-electron chi connectivity index (χ4n) is 2.03. The van der Waals surface area contributed by atoms with Crippen LogP contribution in [0.1, 0.15) is 30.3 Å². The van der Waals surface area contributed by atoms with E-state index in [2.05, 4.69) is 15.6 Å². The van der Waals surface area contributed by atoms with Gasteiger partial charge in [-0.25, -0.2) is 9.48 Å². The summed E-state index contributed by atoms with van der Waals surface area (Å²) in [6.07, 6.45) is 2.99. The number of aromatic carboxylic acids is 1. The number of carboxylic acids is 1. The van der Waals surface area contributed by atoms with Crippen LogP contribution in [-0.4, -0.2) is 50.7 Å². The monoisotopic (exact) mass is 268 g/mol. The highest BCUT2D eigenvalue weighted by Crippen LogP contribution is 2.18. The lowest BCUT2D eigenvalue weighted by Gasteiger charge is -2.34. The molecule has 0 radical (unpaired) electrons. The summed E-state index contributed by atoms with van der Waals surface area (Å²) in [5.74, 6) is -1.41. The van der Waals surface area contributed by atoms with Gasteiger partial charge in [-0.15, -0.1) is 5.10 Å². The maximum atomic E-state index is 11.9. The predicted molar refractivity (Wildman–Crippen MR) is 63.6 cm³/mol. The second-order valence-corrected chi connectivity index (χ2v) is 4.87. The van der Waals surface area contributed by atoms with E-state index in [-0.39, 0.29) is 23.7 Å². The zero-order valence-electron chi connectivity index (χ0n) is 10.6. The third-order valence-corrected chi connectivity index (χ3v) is 2.94. The van der Waals surface area contributed by atoms with E-state index in [4.69, 9.17) is 9.84 Å². The van der Waals surface area contributed by atoms with Crippen LogP contribution in [0, 0.1) is 0 Å². The van der Waals surface area contributed by atoms with Gasteiger partial charge in [-0.2, -0.15) is 0 Å². The summed E-state index contributed by atoms with van der Waals surface area (Å²) < 4.78 is 6.54. The lowest BCUT2D eigenvalue weighted by atomic mass is 9.95. The first-order valence-electron chi connectivity index (χ1n) is 6.01. The Morgan fingerprint density at radius 2 is 2.42 bits per heavy atom. The van der Waals surface area contributed by atoms with Crippen molar-refractivity contribution in [3.8, 4) is 0 Å². The summed E-state index contributed by atoms with van der Waals surface area (Å²) in [5, 5.41) is 18.6. The number of hydrogen-bond acceptors (Lipinski definition) is 5. The van der Waals surface area contributed by atoms with Crippen LogP contribution >= 0.6 is 0 Å². The van der Waals surface area contributed by atoms with E-state index >= 15 is 0 Å². The molecule has 1 fully saturated rings. The van der Waals surface area contributed by atoms with Crippen molar-refractivity contribution in [3.63, 3.8) is 0 Å². The lowest BCUT2D eigenvalue weighted by molar-refractivity contribution is -0.125. The van der Waals surface area contributed by atoms with Gasteiger partial charge in [0.25, 0.3) is 0 Å². The van der Waals surface area contributed by atoms with Crippen molar-refractivity contribution < 1.29 is 19.4 Å². The third-order valence-electron chi connectivity index (χ3n) is 2.94. The highest BCUT2D eigenvalue weighted by atomic mass is 16.5. The van der Waals surface area contributed by atoms with Crippen LogP contribution in [0.5, 0.6) is 0 Å². The van der Waals surface area contributed by atoms with Gasteiger partial charge >= 0.3 is 5.97 Å². The van der Waals surface area contributed by atoms with Crippen molar-refractivity contribution in [3.05, 3.63) is 11.9 Å². The van der Waals surface area contributed by atoms with Crippen LogP contribution in [0.25, 0.3) is 0 Å². The average molecular weight is 268 g/mol. The van der Waals surface area contributed by atoms with Crippen molar-refractivity contribution in [2.24, 2.45) is 0 Å². The Labute approximate surface area is 109 Å². The molecule has 1 amide bonds. The number of amides is 1. The van der Waals surface area contributed by atoms with Crippen molar-refractivity contribution in [1.82, 2.24) is 20.3 Å². The predicted octanol–water partition coefficient (Wildman–Crippen LogP) is -0.338. The van der Waals surface area contributed by atoms with E-state index < -0.39 is 5.97 Å². The van der Waals surface area contributed by atoms with Crippen LogP contribution in [-0.2, 0) is 16.1 Å².